The number of hydrogen-bond donors (Lipinski definition) is 1. The van der Waals surface area contributed by atoms with Gasteiger partial charge < -0.3 is 5.32 Å². The zero-order chi connectivity index (χ0) is 10.7. The largest absolute Gasteiger partial charge is 0.313 e. The van der Waals surface area contributed by atoms with Gasteiger partial charge in [0.15, 0.2) is 0 Å². The summed E-state index contributed by atoms with van der Waals surface area (Å²) in [5, 5.41) is 3.36. The molecule has 14 heavy (non-hydrogen) atoms. The minimum atomic E-state index is 0.430. The summed E-state index contributed by atoms with van der Waals surface area (Å²) in [5.41, 5.74) is 1.37. The zero-order valence-corrected chi connectivity index (χ0v) is 12.4. The van der Waals surface area contributed by atoms with E-state index in [2.05, 4.69) is 75.9 Å². The summed E-state index contributed by atoms with van der Waals surface area (Å²) >= 11 is 5.90. The lowest BCUT2D eigenvalue weighted by Gasteiger charge is -2.22. The molecule has 0 saturated heterocycles. The summed E-state index contributed by atoms with van der Waals surface area (Å²) in [4.78, 5) is 0. The Kier molecular flexibility index (Phi) is 4.87. The van der Waals surface area contributed by atoms with Crippen LogP contribution in [-0.4, -0.2) is 7.05 Å². The number of rotatable bonds is 3. The SMILES string of the molecule is CNC(c1cc(Br)ccc1I)C(C)C. The van der Waals surface area contributed by atoms with Crippen molar-refractivity contribution < 1.29 is 0 Å². The highest BCUT2D eigenvalue weighted by atomic mass is 127. The molecular formula is C11H15BrIN. The molecule has 0 fully saturated rings. The molecule has 0 radical (unpaired) electrons. The van der Waals surface area contributed by atoms with Crippen LogP contribution in [0.1, 0.15) is 25.5 Å². The van der Waals surface area contributed by atoms with Crippen LogP contribution in [0.15, 0.2) is 22.7 Å². The van der Waals surface area contributed by atoms with Gasteiger partial charge >= 0.3 is 0 Å². The Labute approximate surface area is 108 Å². The molecule has 1 aromatic carbocycles. The van der Waals surface area contributed by atoms with Gasteiger partial charge in [-0.05, 0) is 59.3 Å². The first-order valence-corrected chi connectivity index (χ1v) is 6.55. The first-order valence-electron chi connectivity index (χ1n) is 4.68. The van der Waals surface area contributed by atoms with Crippen molar-refractivity contribution in [2.45, 2.75) is 19.9 Å². The second-order valence-electron chi connectivity index (χ2n) is 3.68. The molecule has 0 amide bonds. The van der Waals surface area contributed by atoms with Crippen molar-refractivity contribution in [1.29, 1.82) is 0 Å². The molecule has 1 unspecified atom stereocenters. The van der Waals surface area contributed by atoms with Crippen molar-refractivity contribution in [2.75, 3.05) is 7.05 Å². The first-order chi connectivity index (χ1) is 6.56. The Morgan fingerprint density at radius 3 is 2.50 bits per heavy atom. The molecule has 0 aromatic heterocycles. The van der Waals surface area contributed by atoms with E-state index in [0.717, 1.165) is 4.47 Å². The predicted molar refractivity (Wildman–Crippen MR) is 73.5 cm³/mol. The van der Waals surface area contributed by atoms with Gasteiger partial charge in [0.1, 0.15) is 0 Å². The third-order valence-corrected chi connectivity index (χ3v) is 3.75. The van der Waals surface area contributed by atoms with Gasteiger partial charge in [0.2, 0.25) is 0 Å². The quantitative estimate of drug-likeness (QED) is 0.797. The van der Waals surface area contributed by atoms with Crippen LogP contribution in [0.3, 0.4) is 0 Å². The van der Waals surface area contributed by atoms with Gasteiger partial charge in [-0.1, -0.05) is 29.8 Å². The molecular weight excluding hydrogens is 353 g/mol. The molecule has 0 bridgehead atoms. The first kappa shape index (κ1) is 12.5. The summed E-state index contributed by atoms with van der Waals surface area (Å²) in [7, 11) is 2.02. The zero-order valence-electron chi connectivity index (χ0n) is 8.64. The van der Waals surface area contributed by atoms with E-state index in [4.69, 9.17) is 0 Å². The molecule has 1 rings (SSSR count). The second kappa shape index (κ2) is 5.47. The van der Waals surface area contributed by atoms with Gasteiger partial charge in [0.05, 0.1) is 0 Å². The predicted octanol–water partition coefficient (Wildman–Crippen LogP) is 3.97. The fourth-order valence-electron chi connectivity index (χ4n) is 1.60. The van der Waals surface area contributed by atoms with E-state index < -0.39 is 0 Å². The fraction of sp³-hybridized carbons (Fsp3) is 0.455. The van der Waals surface area contributed by atoms with Gasteiger partial charge in [0, 0.05) is 14.1 Å². The van der Waals surface area contributed by atoms with E-state index >= 15 is 0 Å². The molecule has 1 aromatic rings. The topological polar surface area (TPSA) is 12.0 Å². The number of nitrogens with one attached hydrogen (secondary N) is 1. The molecule has 0 spiro atoms. The van der Waals surface area contributed by atoms with Crippen LogP contribution in [0, 0.1) is 9.49 Å². The summed E-state index contributed by atoms with van der Waals surface area (Å²) < 4.78 is 2.47. The van der Waals surface area contributed by atoms with Crippen molar-refractivity contribution in [1.82, 2.24) is 5.32 Å². The van der Waals surface area contributed by atoms with Gasteiger partial charge in [-0.15, -0.1) is 0 Å². The van der Waals surface area contributed by atoms with Crippen LogP contribution < -0.4 is 5.32 Å². The summed E-state index contributed by atoms with van der Waals surface area (Å²) in [6.45, 7) is 4.47. The van der Waals surface area contributed by atoms with Crippen molar-refractivity contribution in [3.05, 3.63) is 31.8 Å². The van der Waals surface area contributed by atoms with Crippen molar-refractivity contribution in [3.63, 3.8) is 0 Å². The van der Waals surface area contributed by atoms with E-state index in [1.54, 1.807) is 0 Å². The average molecular weight is 368 g/mol. The maximum atomic E-state index is 3.51. The van der Waals surface area contributed by atoms with Gasteiger partial charge in [0.25, 0.3) is 0 Å². The Morgan fingerprint density at radius 1 is 1.36 bits per heavy atom. The molecule has 0 aliphatic carbocycles. The number of hydrogen-bond acceptors (Lipinski definition) is 1. The molecule has 78 valence electrons. The highest BCUT2D eigenvalue weighted by Crippen LogP contribution is 2.28. The fourth-order valence-corrected chi connectivity index (χ4v) is 2.65. The second-order valence-corrected chi connectivity index (χ2v) is 5.75. The minimum Gasteiger partial charge on any atom is -0.313 e. The third kappa shape index (κ3) is 2.94. The van der Waals surface area contributed by atoms with Crippen LogP contribution in [0.5, 0.6) is 0 Å². The lowest BCUT2D eigenvalue weighted by atomic mass is 9.96. The minimum absolute atomic E-state index is 0.430. The normalized spacial score (nSPS) is 13.3. The molecule has 1 N–H and O–H groups in total. The van der Waals surface area contributed by atoms with Crippen LogP contribution >= 0.6 is 38.5 Å². The summed E-state index contributed by atoms with van der Waals surface area (Å²) in [5.74, 6) is 0.600. The highest BCUT2D eigenvalue weighted by Gasteiger charge is 2.16. The molecule has 0 aliphatic heterocycles. The Hall–Kier alpha value is 0.390. The lowest BCUT2D eigenvalue weighted by Crippen LogP contribution is -2.22. The van der Waals surface area contributed by atoms with Gasteiger partial charge in [-0.25, -0.2) is 0 Å². The Balaban J connectivity index is 3.08. The van der Waals surface area contributed by atoms with Crippen molar-refractivity contribution >= 4 is 38.5 Å². The molecule has 1 atom stereocenters. The van der Waals surface area contributed by atoms with Crippen LogP contribution in [-0.2, 0) is 0 Å². The molecule has 3 heteroatoms. The van der Waals surface area contributed by atoms with E-state index in [-0.39, 0.29) is 0 Å². The van der Waals surface area contributed by atoms with E-state index in [9.17, 15) is 0 Å². The average Bonchev–Trinajstić information content (AvgIpc) is 2.11. The van der Waals surface area contributed by atoms with E-state index in [1.807, 2.05) is 7.05 Å². The van der Waals surface area contributed by atoms with E-state index in [0.29, 0.717) is 12.0 Å². The lowest BCUT2D eigenvalue weighted by molar-refractivity contribution is 0.441. The van der Waals surface area contributed by atoms with Gasteiger partial charge in [-0.3, -0.25) is 0 Å². The number of halogens is 2. The molecule has 0 aliphatic rings. The maximum absolute atomic E-state index is 3.51. The van der Waals surface area contributed by atoms with Crippen molar-refractivity contribution in [3.8, 4) is 0 Å². The van der Waals surface area contributed by atoms with Gasteiger partial charge in [-0.2, -0.15) is 0 Å². The number of benzene rings is 1. The monoisotopic (exact) mass is 367 g/mol. The molecule has 0 saturated carbocycles. The standard InChI is InChI=1S/C11H15BrIN/c1-7(2)11(14-3)9-6-8(12)4-5-10(9)13/h4-7,11,14H,1-3H3. The molecule has 1 nitrogen and oxygen atoms in total. The van der Waals surface area contributed by atoms with E-state index in [1.165, 1.54) is 9.13 Å². The Bertz CT molecular complexity index is 312. The van der Waals surface area contributed by atoms with Crippen LogP contribution in [0.4, 0.5) is 0 Å². The Morgan fingerprint density at radius 2 is 2.00 bits per heavy atom. The molecule has 0 heterocycles. The van der Waals surface area contributed by atoms with Crippen molar-refractivity contribution in [2.24, 2.45) is 5.92 Å². The smallest absolute Gasteiger partial charge is 0.0351 e. The van der Waals surface area contributed by atoms with Crippen LogP contribution in [0.25, 0.3) is 0 Å². The van der Waals surface area contributed by atoms with Crippen LogP contribution in [0.2, 0.25) is 0 Å². The summed E-state index contributed by atoms with van der Waals surface area (Å²) in [6, 6.07) is 6.85. The third-order valence-electron chi connectivity index (χ3n) is 2.27. The summed E-state index contributed by atoms with van der Waals surface area (Å²) in [6.07, 6.45) is 0. The highest BCUT2D eigenvalue weighted by molar-refractivity contribution is 14.1. The maximum Gasteiger partial charge on any atom is 0.0351 e.